The minimum absolute atomic E-state index is 0.151. The topological polar surface area (TPSA) is 67.6 Å². The molecule has 0 aliphatic carbocycles. The number of ether oxygens (including phenoxy) is 1. The van der Waals surface area contributed by atoms with Gasteiger partial charge < -0.3 is 15.8 Å². The van der Waals surface area contributed by atoms with Crippen molar-refractivity contribution in [1.82, 2.24) is 10.2 Å². The van der Waals surface area contributed by atoms with Gasteiger partial charge >= 0.3 is 0 Å². The lowest BCUT2D eigenvalue weighted by atomic mass is 9.98. The lowest BCUT2D eigenvalue weighted by molar-refractivity contribution is 0.0816. The van der Waals surface area contributed by atoms with Crippen LogP contribution in [0.25, 0.3) is 0 Å². The molecule has 2 aliphatic rings. The van der Waals surface area contributed by atoms with Gasteiger partial charge in [-0.1, -0.05) is 11.6 Å². The number of nitrogens with zero attached hydrogens (tertiary/aromatic N) is 1. The number of nitrogen functional groups attached to an aromatic ring is 1. The maximum Gasteiger partial charge on any atom is 0.263 e. The number of halogens is 1. The van der Waals surface area contributed by atoms with Crippen LogP contribution in [-0.2, 0) is 6.42 Å². The van der Waals surface area contributed by atoms with E-state index in [1.54, 1.807) is 23.4 Å². The van der Waals surface area contributed by atoms with Gasteiger partial charge in [0.15, 0.2) is 0 Å². The largest absolute Gasteiger partial charge is 0.486 e. The average molecular weight is 294 g/mol. The van der Waals surface area contributed by atoms with Crippen molar-refractivity contribution in [2.45, 2.75) is 25.9 Å². The fraction of sp³-hybridized carbons (Fsp3) is 0.357. The van der Waals surface area contributed by atoms with Crippen LogP contribution >= 0.6 is 11.6 Å². The molecular formula is C14H16ClN3O2. The van der Waals surface area contributed by atoms with Crippen LogP contribution in [0.15, 0.2) is 18.5 Å². The van der Waals surface area contributed by atoms with Gasteiger partial charge in [0, 0.05) is 24.4 Å². The van der Waals surface area contributed by atoms with Gasteiger partial charge in [0.2, 0.25) is 0 Å². The summed E-state index contributed by atoms with van der Waals surface area (Å²) in [5.74, 6) is 0.407. The summed E-state index contributed by atoms with van der Waals surface area (Å²) in [6.45, 7) is 4.37. The second kappa shape index (κ2) is 4.31. The number of carbonyl (C=O) groups is 1. The highest BCUT2D eigenvalue weighted by Gasteiger charge is 2.36. The van der Waals surface area contributed by atoms with E-state index in [1.165, 1.54) is 0 Å². The Hall–Kier alpha value is -1.88. The van der Waals surface area contributed by atoms with Gasteiger partial charge in [-0.15, -0.1) is 0 Å². The van der Waals surface area contributed by atoms with Gasteiger partial charge in [0.25, 0.3) is 5.91 Å². The van der Waals surface area contributed by atoms with Gasteiger partial charge in [0.05, 0.1) is 22.9 Å². The number of fused-ring (bicyclic) bond motifs is 1. The number of hydrogen-bond acceptors (Lipinski definition) is 4. The number of benzene rings is 1. The summed E-state index contributed by atoms with van der Waals surface area (Å²) in [4.78, 5) is 14.1. The number of carbonyl (C=O) groups excluding carboxylic acids is 1. The zero-order valence-corrected chi connectivity index (χ0v) is 12.1. The molecule has 0 spiro atoms. The fourth-order valence-electron chi connectivity index (χ4n) is 2.53. The molecule has 5 nitrogen and oxygen atoms in total. The van der Waals surface area contributed by atoms with E-state index in [-0.39, 0.29) is 11.5 Å². The standard InChI is InChI=1S/C14H16ClN3O2/c1-14(2)6-9-11(16)10(15)5-8(12(9)20-14)13(19)18-4-3-17-7-18/h3-5,17H,6-7,16H2,1-2H3. The molecule has 3 N–H and O–H groups in total. The van der Waals surface area contributed by atoms with E-state index < -0.39 is 0 Å². The summed E-state index contributed by atoms with van der Waals surface area (Å²) >= 11 is 6.16. The Labute approximate surface area is 122 Å². The highest BCUT2D eigenvalue weighted by Crippen LogP contribution is 2.44. The van der Waals surface area contributed by atoms with Gasteiger partial charge in [-0.2, -0.15) is 0 Å². The maximum absolute atomic E-state index is 12.5. The Kier molecular flexibility index (Phi) is 2.83. The van der Waals surface area contributed by atoms with Crippen LogP contribution in [0.5, 0.6) is 5.75 Å². The second-order valence-corrected chi connectivity index (χ2v) is 6.03. The first-order valence-electron chi connectivity index (χ1n) is 6.40. The lowest BCUT2D eigenvalue weighted by Crippen LogP contribution is -2.29. The molecule has 3 rings (SSSR count). The molecule has 2 aliphatic heterocycles. The summed E-state index contributed by atoms with van der Waals surface area (Å²) in [5.41, 5.74) is 7.41. The van der Waals surface area contributed by atoms with Crippen molar-refractivity contribution in [1.29, 1.82) is 0 Å². The highest BCUT2D eigenvalue weighted by molar-refractivity contribution is 6.33. The van der Waals surface area contributed by atoms with Crippen LogP contribution in [0, 0.1) is 0 Å². The Morgan fingerprint density at radius 2 is 2.30 bits per heavy atom. The zero-order chi connectivity index (χ0) is 14.5. The third-order valence-electron chi connectivity index (χ3n) is 3.48. The lowest BCUT2D eigenvalue weighted by Gasteiger charge is -2.19. The van der Waals surface area contributed by atoms with Gasteiger partial charge in [-0.05, 0) is 19.9 Å². The second-order valence-electron chi connectivity index (χ2n) is 5.62. The third-order valence-corrected chi connectivity index (χ3v) is 3.79. The predicted octanol–water partition coefficient (Wildman–Crippen LogP) is 2.11. The van der Waals surface area contributed by atoms with E-state index in [0.29, 0.717) is 35.1 Å². The molecule has 2 heterocycles. The molecule has 0 saturated carbocycles. The summed E-state index contributed by atoms with van der Waals surface area (Å²) in [6.07, 6.45) is 4.06. The van der Waals surface area contributed by atoms with Crippen molar-refractivity contribution in [2.75, 3.05) is 12.4 Å². The molecule has 20 heavy (non-hydrogen) atoms. The monoisotopic (exact) mass is 293 g/mol. The number of nitrogens with two attached hydrogens (primary N) is 1. The summed E-state index contributed by atoms with van der Waals surface area (Å²) in [6, 6.07) is 1.59. The summed E-state index contributed by atoms with van der Waals surface area (Å²) in [5, 5.41) is 3.35. The average Bonchev–Trinajstić information content (AvgIpc) is 3.00. The molecule has 0 radical (unpaired) electrons. The van der Waals surface area contributed by atoms with Crippen LogP contribution in [0.2, 0.25) is 5.02 Å². The molecular weight excluding hydrogens is 278 g/mol. The van der Waals surface area contributed by atoms with Crippen LogP contribution in [-0.4, -0.2) is 23.1 Å². The van der Waals surface area contributed by atoms with E-state index in [9.17, 15) is 4.79 Å². The first-order valence-corrected chi connectivity index (χ1v) is 6.78. The minimum Gasteiger partial charge on any atom is -0.486 e. The number of amides is 1. The Balaban J connectivity index is 2.09. The van der Waals surface area contributed by atoms with Crippen molar-refractivity contribution in [3.8, 4) is 5.75 Å². The van der Waals surface area contributed by atoms with E-state index in [1.807, 2.05) is 13.8 Å². The third kappa shape index (κ3) is 1.98. The van der Waals surface area contributed by atoms with Crippen molar-refractivity contribution in [3.63, 3.8) is 0 Å². The normalized spacial score (nSPS) is 18.6. The molecule has 0 saturated heterocycles. The first-order chi connectivity index (χ1) is 9.39. The van der Waals surface area contributed by atoms with Crippen molar-refractivity contribution in [2.24, 2.45) is 0 Å². The van der Waals surface area contributed by atoms with Gasteiger partial charge in [-0.25, -0.2) is 0 Å². The van der Waals surface area contributed by atoms with E-state index in [2.05, 4.69) is 5.32 Å². The van der Waals surface area contributed by atoms with E-state index in [0.717, 1.165) is 5.56 Å². The Bertz CT molecular complexity index is 625. The number of hydrogen-bond donors (Lipinski definition) is 2. The number of anilines is 1. The molecule has 0 unspecified atom stereocenters. The van der Waals surface area contributed by atoms with Crippen LogP contribution < -0.4 is 15.8 Å². The van der Waals surface area contributed by atoms with Crippen LogP contribution in [0.4, 0.5) is 5.69 Å². The SMILES string of the molecule is CC1(C)Cc2c(N)c(Cl)cc(C(=O)N3C=CNC3)c2O1. The number of nitrogens with one attached hydrogen (secondary N) is 1. The van der Waals surface area contributed by atoms with Crippen molar-refractivity contribution < 1.29 is 9.53 Å². The van der Waals surface area contributed by atoms with Crippen molar-refractivity contribution in [3.05, 3.63) is 34.6 Å². The Morgan fingerprint density at radius 3 is 2.95 bits per heavy atom. The number of rotatable bonds is 1. The van der Waals surface area contributed by atoms with E-state index >= 15 is 0 Å². The van der Waals surface area contributed by atoms with E-state index in [4.69, 9.17) is 22.1 Å². The van der Waals surface area contributed by atoms with Gasteiger partial charge in [0.1, 0.15) is 11.4 Å². The molecule has 0 aromatic heterocycles. The highest BCUT2D eigenvalue weighted by atomic mass is 35.5. The quantitative estimate of drug-likeness (QED) is 0.778. The molecule has 1 aromatic carbocycles. The predicted molar refractivity (Wildman–Crippen MR) is 77.6 cm³/mol. The Morgan fingerprint density at radius 1 is 1.55 bits per heavy atom. The van der Waals surface area contributed by atoms with Crippen LogP contribution in [0.3, 0.4) is 0 Å². The zero-order valence-electron chi connectivity index (χ0n) is 11.4. The molecule has 1 aromatic rings. The fourth-order valence-corrected chi connectivity index (χ4v) is 2.75. The first kappa shape index (κ1) is 13.1. The van der Waals surface area contributed by atoms with Crippen LogP contribution in [0.1, 0.15) is 29.8 Å². The minimum atomic E-state index is -0.380. The van der Waals surface area contributed by atoms with Gasteiger partial charge in [-0.3, -0.25) is 9.69 Å². The van der Waals surface area contributed by atoms with Crippen molar-refractivity contribution >= 4 is 23.2 Å². The molecule has 0 atom stereocenters. The summed E-state index contributed by atoms with van der Waals surface area (Å²) in [7, 11) is 0. The molecule has 1 amide bonds. The summed E-state index contributed by atoms with van der Waals surface area (Å²) < 4.78 is 5.91. The maximum atomic E-state index is 12.5. The molecule has 0 bridgehead atoms. The molecule has 0 fully saturated rings. The smallest absolute Gasteiger partial charge is 0.263 e. The molecule has 106 valence electrons. The molecule has 6 heteroatoms.